The summed E-state index contributed by atoms with van der Waals surface area (Å²) in [5, 5.41) is 2.69. The van der Waals surface area contributed by atoms with Gasteiger partial charge in [-0.25, -0.2) is 13.4 Å². The number of aromatic nitrogens is 1. The molecule has 1 amide bonds. The highest BCUT2D eigenvalue weighted by atomic mass is 32.2. The first kappa shape index (κ1) is 16.1. The Labute approximate surface area is 139 Å². The molecule has 1 aromatic carbocycles. The van der Waals surface area contributed by atoms with Crippen LogP contribution in [0, 0.1) is 6.92 Å². The number of carbonyl (C=O) groups excluding carboxylic acids is 1. The topological polar surface area (TPSA) is 101 Å². The molecule has 0 saturated carbocycles. The third kappa shape index (κ3) is 3.43. The zero-order valence-electron chi connectivity index (χ0n) is 13.0. The molecule has 124 valence electrons. The summed E-state index contributed by atoms with van der Waals surface area (Å²) in [5.74, 6) is 0.526. The van der Waals surface area contributed by atoms with E-state index in [9.17, 15) is 13.2 Å². The van der Waals surface area contributed by atoms with Crippen molar-refractivity contribution in [1.29, 1.82) is 0 Å². The molecule has 7 nitrogen and oxygen atoms in total. The van der Waals surface area contributed by atoms with Crippen LogP contribution in [0.15, 0.2) is 52.5 Å². The molecule has 8 heteroatoms. The minimum absolute atomic E-state index is 0.128. The summed E-state index contributed by atoms with van der Waals surface area (Å²) in [7, 11) is -3.55. The Hall–Kier alpha value is -2.74. The molecule has 0 aliphatic carbocycles. The molecule has 1 aliphatic heterocycles. The molecule has 1 aliphatic rings. The molecule has 3 rings (SSSR count). The van der Waals surface area contributed by atoms with Crippen LogP contribution in [-0.2, 0) is 14.8 Å². The number of aliphatic imine (C=N–C) groups is 1. The van der Waals surface area contributed by atoms with Gasteiger partial charge in [-0.1, -0.05) is 12.1 Å². The standard InChI is InChI=1S/C16H16N4O3S/c1-11-6-8-17-14(10-11)19-15(21)7-9-18-16-12-4-2-3-5-13(12)24(22,23)20-16/h2-6,8,10H,7,9H2,1H3,(H,18,20)(H,17,19,21). The van der Waals surface area contributed by atoms with Crippen LogP contribution in [0.5, 0.6) is 0 Å². The fourth-order valence-corrected chi connectivity index (χ4v) is 3.58. The van der Waals surface area contributed by atoms with Crippen LogP contribution in [-0.4, -0.2) is 31.7 Å². The third-order valence-corrected chi connectivity index (χ3v) is 4.85. The Bertz CT molecular complexity index is 922. The lowest BCUT2D eigenvalue weighted by atomic mass is 10.2. The van der Waals surface area contributed by atoms with Gasteiger partial charge in [0.05, 0.1) is 11.4 Å². The van der Waals surface area contributed by atoms with E-state index in [0.29, 0.717) is 11.4 Å². The van der Waals surface area contributed by atoms with Crippen molar-refractivity contribution in [2.24, 2.45) is 4.99 Å². The molecule has 1 aromatic heterocycles. The fraction of sp³-hybridized carbons (Fsp3) is 0.188. The second kappa shape index (κ2) is 6.40. The van der Waals surface area contributed by atoms with E-state index in [-0.39, 0.29) is 29.6 Å². The summed E-state index contributed by atoms with van der Waals surface area (Å²) in [6.07, 6.45) is 1.75. The number of pyridine rings is 1. The molecule has 0 spiro atoms. The number of benzene rings is 1. The molecule has 0 unspecified atom stereocenters. The van der Waals surface area contributed by atoms with Gasteiger partial charge in [0.25, 0.3) is 10.0 Å². The highest BCUT2D eigenvalue weighted by Gasteiger charge is 2.29. The van der Waals surface area contributed by atoms with E-state index in [0.717, 1.165) is 5.56 Å². The molecule has 2 N–H and O–H groups in total. The zero-order chi connectivity index (χ0) is 17.2. The van der Waals surface area contributed by atoms with Crippen LogP contribution in [0.3, 0.4) is 0 Å². The number of fused-ring (bicyclic) bond motifs is 1. The van der Waals surface area contributed by atoms with Crippen LogP contribution in [0.4, 0.5) is 5.82 Å². The van der Waals surface area contributed by atoms with Crippen molar-refractivity contribution in [1.82, 2.24) is 9.71 Å². The first-order valence-corrected chi connectivity index (χ1v) is 8.83. The number of amides is 1. The van der Waals surface area contributed by atoms with E-state index in [2.05, 4.69) is 20.0 Å². The summed E-state index contributed by atoms with van der Waals surface area (Å²) >= 11 is 0. The van der Waals surface area contributed by atoms with Crippen LogP contribution in [0.25, 0.3) is 0 Å². The van der Waals surface area contributed by atoms with Gasteiger partial charge in [0.1, 0.15) is 11.7 Å². The second-order valence-corrected chi connectivity index (χ2v) is 7.00. The lowest BCUT2D eigenvalue weighted by Crippen LogP contribution is -2.23. The Morgan fingerprint density at radius 3 is 2.88 bits per heavy atom. The highest BCUT2D eigenvalue weighted by Crippen LogP contribution is 2.22. The SMILES string of the molecule is Cc1ccnc(NC(=O)CCN=C2NS(=O)(=O)c3ccccc32)c1. The first-order chi connectivity index (χ1) is 11.5. The van der Waals surface area contributed by atoms with Crippen molar-refractivity contribution >= 4 is 27.6 Å². The minimum Gasteiger partial charge on any atom is -0.311 e. The minimum atomic E-state index is -3.55. The number of carbonyl (C=O) groups is 1. The number of amidine groups is 1. The molecule has 0 saturated heterocycles. The number of anilines is 1. The zero-order valence-corrected chi connectivity index (χ0v) is 13.8. The van der Waals surface area contributed by atoms with Crippen molar-refractivity contribution in [3.8, 4) is 0 Å². The molecule has 0 bridgehead atoms. The average molecular weight is 344 g/mol. The lowest BCUT2D eigenvalue weighted by molar-refractivity contribution is -0.116. The maximum atomic E-state index is 12.0. The normalized spacial score (nSPS) is 16.5. The van der Waals surface area contributed by atoms with E-state index in [1.165, 1.54) is 6.07 Å². The Kier molecular flexibility index (Phi) is 4.30. The van der Waals surface area contributed by atoms with Crippen molar-refractivity contribution < 1.29 is 13.2 Å². The first-order valence-electron chi connectivity index (χ1n) is 7.35. The van der Waals surface area contributed by atoms with Gasteiger partial charge in [-0.15, -0.1) is 0 Å². The predicted octanol–water partition coefficient (Wildman–Crippen LogP) is 1.46. The van der Waals surface area contributed by atoms with Gasteiger partial charge >= 0.3 is 0 Å². The van der Waals surface area contributed by atoms with Crippen LogP contribution < -0.4 is 10.0 Å². The Morgan fingerprint density at radius 2 is 2.08 bits per heavy atom. The van der Waals surface area contributed by atoms with Crippen molar-refractivity contribution in [3.63, 3.8) is 0 Å². The third-order valence-electron chi connectivity index (χ3n) is 3.45. The molecule has 24 heavy (non-hydrogen) atoms. The summed E-state index contributed by atoms with van der Waals surface area (Å²) in [6.45, 7) is 2.08. The monoisotopic (exact) mass is 344 g/mol. The van der Waals surface area contributed by atoms with Crippen molar-refractivity contribution in [2.75, 3.05) is 11.9 Å². The number of nitrogens with one attached hydrogen (secondary N) is 2. The van der Waals surface area contributed by atoms with Crippen molar-refractivity contribution in [3.05, 3.63) is 53.7 Å². The van der Waals surface area contributed by atoms with E-state index in [1.807, 2.05) is 13.0 Å². The smallest absolute Gasteiger partial charge is 0.263 e. The molecular weight excluding hydrogens is 328 g/mol. The van der Waals surface area contributed by atoms with Gasteiger partial charge in [-0.05, 0) is 36.8 Å². The molecule has 0 atom stereocenters. The van der Waals surface area contributed by atoms with Gasteiger partial charge < -0.3 is 5.32 Å². The Balaban J connectivity index is 1.64. The number of aryl methyl sites for hydroxylation is 1. The van der Waals surface area contributed by atoms with Crippen LogP contribution in [0.2, 0.25) is 0 Å². The van der Waals surface area contributed by atoms with E-state index in [1.54, 1.807) is 30.5 Å². The summed E-state index contributed by atoms with van der Waals surface area (Å²) in [4.78, 5) is 20.4. The van der Waals surface area contributed by atoms with Crippen molar-refractivity contribution in [2.45, 2.75) is 18.2 Å². The summed E-state index contributed by atoms with van der Waals surface area (Å²) in [6, 6.07) is 10.2. The summed E-state index contributed by atoms with van der Waals surface area (Å²) < 4.78 is 26.3. The number of nitrogens with zero attached hydrogens (tertiary/aromatic N) is 2. The number of sulfonamides is 1. The predicted molar refractivity (Wildman–Crippen MR) is 90.4 cm³/mol. The van der Waals surface area contributed by atoms with Gasteiger partial charge in [-0.3, -0.25) is 14.5 Å². The second-order valence-electron chi connectivity index (χ2n) is 5.35. The van der Waals surface area contributed by atoms with E-state index >= 15 is 0 Å². The number of hydrogen-bond donors (Lipinski definition) is 2. The molecule has 0 fully saturated rings. The van der Waals surface area contributed by atoms with Gasteiger partial charge in [0.15, 0.2) is 0 Å². The van der Waals surface area contributed by atoms with E-state index < -0.39 is 10.0 Å². The fourth-order valence-electron chi connectivity index (χ4n) is 2.33. The quantitative estimate of drug-likeness (QED) is 0.877. The lowest BCUT2D eigenvalue weighted by Gasteiger charge is -2.04. The maximum absolute atomic E-state index is 12.0. The average Bonchev–Trinajstić information content (AvgIpc) is 2.79. The van der Waals surface area contributed by atoms with Crippen LogP contribution in [0.1, 0.15) is 17.5 Å². The molecule has 2 heterocycles. The van der Waals surface area contributed by atoms with E-state index in [4.69, 9.17) is 0 Å². The van der Waals surface area contributed by atoms with Gasteiger partial charge in [-0.2, -0.15) is 0 Å². The molecular formula is C16H16N4O3S. The van der Waals surface area contributed by atoms with Gasteiger partial charge in [0.2, 0.25) is 5.91 Å². The van der Waals surface area contributed by atoms with Crippen LogP contribution >= 0.6 is 0 Å². The largest absolute Gasteiger partial charge is 0.311 e. The Morgan fingerprint density at radius 1 is 1.29 bits per heavy atom. The van der Waals surface area contributed by atoms with Gasteiger partial charge in [0, 0.05) is 18.2 Å². The highest BCUT2D eigenvalue weighted by molar-refractivity contribution is 7.90. The number of rotatable bonds is 4. The summed E-state index contributed by atoms with van der Waals surface area (Å²) in [5.41, 5.74) is 1.52. The molecule has 0 radical (unpaired) electrons. The molecule has 2 aromatic rings. The maximum Gasteiger partial charge on any atom is 0.263 e. The number of hydrogen-bond acceptors (Lipinski definition) is 5.